The van der Waals surface area contributed by atoms with E-state index in [-0.39, 0.29) is 18.4 Å². The van der Waals surface area contributed by atoms with Crippen molar-refractivity contribution in [1.82, 2.24) is 4.90 Å². The van der Waals surface area contributed by atoms with Crippen molar-refractivity contribution < 1.29 is 9.90 Å². The lowest BCUT2D eigenvalue weighted by molar-refractivity contribution is -0.131. The molecule has 1 N–H and O–H groups in total. The molecular formula is C13H23NO2. The number of nitrogens with zero attached hydrogens (tertiary/aromatic N) is 1. The van der Waals surface area contributed by atoms with Crippen LogP contribution in [0.15, 0.2) is 0 Å². The van der Waals surface area contributed by atoms with E-state index in [1.165, 1.54) is 32.1 Å². The van der Waals surface area contributed by atoms with Gasteiger partial charge in [-0.1, -0.05) is 26.2 Å². The molecule has 1 saturated heterocycles. The Morgan fingerprint density at radius 1 is 1.38 bits per heavy atom. The number of hydrogen-bond acceptors (Lipinski definition) is 2. The summed E-state index contributed by atoms with van der Waals surface area (Å²) in [5.41, 5.74) is 0. The maximum absolute atomic E-state index is 11.9. The predicted molar refractivity (Wildman–Crippen MR) is 62.9 cm³/mol. The molecule has 2 fully saturated rings. The van der Waals surface area contributed by atoms with Crippen molar-refractivity contribution in [3.8, 4) is 0 Å². The van der Waals surface area contributed by atoms with Gasteiger partial charge in [-0.05, 0) is 18.8 Å². The molecule has 3 nitrogen and oxygen atoms in total. The Balaban J connectivity index is 2.02. The van der Waals surface area contributed by atoms with Gasteiger partial charge in [0.2, 0.25) is 5.91 Å². The van der Waals surface area contributed by atoms with Crippen molar-refractivity contribution in [3.05, 3.63) is 0 Å². The Kier molecular flexibility index (Phi) is 3.85. The topological polar surface area (TPSA) is 40.5 Å². The molecule has 3 atom stereocenters. The fraction of sp³-hybridized carbons (Fsp3) is 0.923. The maximum Gasteiger partial charge on any atom is 0.223 e. The first kappa shape index (κ1) is 11.9. The summed E-state index contributed by atoms with van der Waals surface area (Å²) in [5.74, 6) is 1.14. The van der Waals surface area contributed by atoms with Gasteiger partial charge in [0.05, 0.1) is 0 Å². The molecule has 0 bridgehead atoms. The Morgan fingerprint density at radius 2 is 2.12 bits per heavy atom. The summed E-state index contributed by atoms with van der Waals surface area (Å²) in [4.78, 5) is 14.0. The number of rotatable bonds is 3. The lowest BCUT2D eigenvalue weighted by Crippen LogP contribution is -2.43. The molecule has 1 saturated carbocycles. The van der Waals surface area contributed by atoms with Crippen LogP contribution >= 0.6 is 0 Å². The number of hydrogen-bond donors (Lipinski definition) is 1. The van der Waals surface area contributed by atoms with Crippen molar-refractivity contribution >= 4 is 5.91 Å². The van der Waals surface area contributed by atoms with Gasteiger partial charge in [0.25, 0.3) is 0 Å². The zero-order valence-corrected chi connectivity index (χ0v) is 10.2. The van der Waals surface area contributed by atoms with Crippen LogP contribution < -0.4 is 0 Å². The molecule has 3 unspecified atom stereocenters. The molecule has 1 heterocycles. The molecule has 0 spiro atoms. The Bertz CT molecular complexity index is 254. The van der Waals surface area contributed by atoms with E-state index < -0.39 is 0 Å². The van der Waals surface area contributed by atoms with Gasteiger partial charge in [0, 0.05) is 31.5 Å². The van der Waals surface area contributed by atoms with Gasteiger partial charge in [-0.3, -0.25) is 4.79 Å². The molecular weight excluding hydrogens is 202 g/mol. The Morgan fingerprint density at radius 3 is 2.75 bits per heavy atom. The third kappa shape index (κ3) is 2.24. The van der Waals surface area contributed by atoms with Gasteiger partial charge < -0.3 is 10.0 Å². The molecule has 0 aromatic rings. The predicted octanol–water partition coefficient (Wildman–Crippen LogP) is 1.80. The third-order valence-corrected chi connectivity index (χ3v) is 4.29. The standard InChI is InChI=1S/C13H23NO2/c1-2-11-5-3-4-6-12(11)14-8-10(9-15)7-13(14)16/h10-12,15H,2-9H2,1H3. The highest BCUT2D eigenvalue weighted by molar-refractivity contribution is 5.79. The average Bonchev–Trinajstić information content (AvgIpc) is 2.70. The van der Waals surface area contributed by atoms with Crippen LogP contribution in [0.4, 0.5) is 0 Å². The van der Waals surface area contributed by atoms with Crippen LogP contribution in [-0.2, 0) is 4.79 Å². The molecule has 1 amide bonds. The van der Waals surface area contributed by atoms with Crippen molar-refractivity contribution in [2.24, 2.45) is 11.8 Å². The number of likely N-dealkylation sites (tertiary alicyclic amines) is 1. The number of aliphatic hydroxyl groups is 1. The van der Waals surface area contributed by atoms with Gasteiger partial charge in [-0.15, -0.1) is 0 Å². The average molecular weight is 225 g/mol. The van der Waals surface area contributed by atoms with Crippen LogP contribution in [0.2, 0.25) is 0 Å². The summed E-state index contributed by atoms with van der Waals surface area (Å²) in [6.07, 6.45) is 6.76. The van der Waals surface area contributed by atoms with E-state index in [2.05, 4.69) is 11.8 Å². The first-order valence-corrected chi connectivity index (χ1v) is 6.66. The summed E-state index contributed by atoms with van der Waals surface area (Å²) in [7, 11) is 0. The fourth-order valence-corrected chi connectivity index (χ4v) is 3.33. The Labute approximate surface area is 97.8 Å². The number of amides is 1. The van der Waals surface area contributed by atoms with E-state index in [9.17, 15) is 4.79 Å². The minimum absolute atomic E-state index is 0.158. The molecule has 0 aromatic heterocycles. The molecule has 1 aliphatic heterocycles. The van der Waals surface area contributed by atoms with Gasteiger partial charge in [0.15, 0.2) is 0 Å². The monoisotopic (exact) mass is 225 g/mol. The van der Waals surface area contributed by atoms with Crippen molar-refractivity contribution in [2.45, 2.75) is 51.5 Å². The smallest absolute Gasteiger partial charge is 0.223 e. The SMILES string of the molecule is CCC1CCCCC1N1CC(CO)CC1=O. The minimum Gasteiger partial charge on any atom is -0.396 e. The molecule has 2 rings (SSSR count). The summed E-state index contributed by atoms with van der Waals surface area (Å²) < 4.78 is 0. The van der Waals surface area contributed by atoms with Crippen molar-refractivity contribution in [1.29, 1.82) is 0 Å². The minimum atomic E-state index is 0.158. The van der Waals surface area contributed by atoms with E-state index in [1.54, 1.807) is 0 Å². The molecule has 16 heavy (non-hydrogen) atoms. The summed E-state index contributed by atoms with van der Waals surface area (Å²) in [5, 5.41) is 9.14. The highest BCUT2D eigenvalue weighted by Crippen LogP contribution is 2.33. The molecule has 1 aliphatic carbocycles. The number of aliphatic hydroxyl groups excluding tert-OH is 1. The largest absolute Gasteiger partial charge is 0.396 e. The van der Waals surface area contributed by atoms with E-state index in [0.29, 0.717) is 18.4 Å². The zero-order chi connectivity index (χ0) is 11.5. The van der Waals surface area contributed by atoms with E-state index in [0.717, 1.165) is 6.54 Å². The van der Waals surface area contributed by atoms with Crippen LogP contribution in [-0.4, -0.2) is 35.1 Å². The van der Waals surface area contributed by atoms with Gasteiger partial charge in [0.1, 0.15) is 0 Å². The summed E-state index contributed by atoms with van der Waals surface area (Å²) in [6, 6.07) is 0.461. The Hall–Kier alpha value is -0.570. The number of carbonyl (C=O) groups excluding carboxylic acids is 1. The molecule has 0 aromatic carbocycles. The lowest BCUT2D eigenvalue weighted by atomic mass is 9.82. The zero-order valence-electron chi connectivity index (χ0n) is 10.2. The molecule has 0 radical (unpaired) electrons. The normalized spacial score (nSPS) is 35.8. The third-order valence-electron chi connectivity index (χ3n) is 4.29. The van der Waals surface area contributed by atoms with Crippen molar-refractivity contribution in [2.75, 3.05) is 13.2 Å². The van der Waals surface area contributed by atoms with Crippen LogP contribution in [0.5, 0.6) is 0 Å². The van der Waals surface area contributed by atoms with Crippen LogP contribution in [0.1, 0.15) is 45.4 Å². The highest BCUT2D eigenvalue weighted by Gasteiger charge is 2.37. The second-order valence-corrected chi connectivity index (χ2v) is 5.32. The van der Waals surface area contributed by atoms with Crippen LogP contribution in [0.25, 0.3) is 0 Å². The van der Waals surface area contributed by atoms with Gasteiger partial charge in [-0.25, -0.2) is 0 Å². The second kappa shape index (κ2) is 5.17. The van der Waals surface area contributed by atoms with E-state index >= 15 is 0 Å². The van der Waals surface area contributed by atoms with Crippen LogP contribution in [0.3, 0.4) is 0 Å². The lowest BCUT2D eigenvalue weighted by Gasteiger charge is -2.37. The first-order chi connectivity index (χ1) is 7.76. The van der Waals surface area contributed by atoms with E-state index in [4.69, 9.17) is 5.11 Å². The molecule has 2 aliphatic rings. The fourth-order valence-electron chi connectivity index (χ4n) is 3.33. The van der Waals surface area contributed by atoms with Gasteiger partial charge in [-0.2, -0.15) is 0 Å². The van der Waals surface area contributed by atoms with E-state index in [1.807, 2.05) is 0 Å². The quantitative estimate of drug-likeness (QED) is 0.795. The highest BCUT2D eigenvalue weighted by atomic mass is 16.3. The molecule has 92 valence electrons. The second-order valence-electron chi connectivity index (χ2n) is 5.32. The molecule has 3 heteroatoms. The van der Waals surface area contributed by atoms with Gasteiger partial charge >= 0.3 is 0 Å². The maximum atomic E-state index is 11.9. The van der Waals surface area contributed by atoms with Crippen molar-refractivity contribution in [3.63, 3.8) is 0 Å². The first-order valence-electron chi connectivity index (χ1n) is 6.66. The van der Waals surface area contributed by atoms with Crippen LogP contribution in [0, 0.1) is 11.8 Å². The summed E-state index contributed by atoms with van der Waals surface area (Å²) in [6.45, 7) is 3.18. The summed E-state index contributed by atoms with van der Waals surface area (Å²) >= 11 is 0. The number of carbonyl (C=O) groups is 1.